The number of hydrogen-bond acceptors (Lipinski definition) is 4. The average molecular weight is 384 g/mol. The quantitative estimate of drug-likeness (QED) is 0.419. The maximum absolute atomic E-state index is 12.9. The number of aliphatic hydroxyl groups excluding tert-OH is 1. The van der Waals surface area contributed by atoms with Gasteiger partial charge in [0.25, 0.3) is 11.7 Å². The average Bonchev–Trinajstić information content (AvgIpc) is 3.00. The summed E-state index contributed by atoms with van der Waals surface area (Å²) in [7, 11) is 0. The Labute approximate surface area is 169 Å². The number of nitrogens with zero attached hydrogens (tertiary/aromatic N) is 2. The molecule has 4 rings (SSSR count). The smallest absolute Gasteiger partial charge is 0.296 e. The molecule has 5 nitrogen and oxygen atoms in total. The number of likely N-dealkylation sites (tertiary alicyclic amines) is 1. The molecule has 1 aromatic heterocycles. The first-order valence-electron chi connectivity index (χ1n) is 9.36. The summed E-state index contributed by atoms with van der Waals surface area (Å²) in [5, 5.41) is 11.0. The van der Waals surface area contributed by atoms with Gasteiger partial charge in [0.2, 0.25) is 0 Å². The SMILES string of the molecule is Cc1ccc(/C(O)=C2\C(=O)C(=O)N(Cc3ccccn3)C2c2ccccc2)cc1. The van der Waals surface area contributed by atoms with Crippen molar-refractivity contribution in [3.8, 4) is 0 Å². The van der Waals surface area contributed by atoms with Gasteiger partial charge in [0, 0.05) is 11.8 Å². The van der Waals surface area contributed by atoms with Gasteiger partial charge in [-0.1, -0.05) is 66.2 Å². The highest BCUT2D eigenvalue weighted by atomic mass is 16.3. The number of pyridine rings is 1. The molecule has 2 heterocycles. The fourth-order valence-electron chi connectivity index (χ4n) is 3.56. The monoisotopic (exact) mass is 384 g/mol. The van der Waals surface area contributed by atoms with Crippen molar-refractivity contribution >= 4 is 17.4 Å². The summed E-state index contributed by atoms with van der Waals surface area (Å²) < 4.78 is 0. The zero-order valence-electron chi connectivity index (χ0n) is 15.9. The highest BCUT2D eigenvalue weighted by Gasteiger charge is 2.46. The Morgan fingerprint density at radius 3 is 2.31 bits per heavy atom. The van der Waals surface area contributed by atoms with E-state index in [0.717, 1.165) is 11.1 Å². The normalized spacial score (nSPS) is 18.2. The first kappa shape index (κ1) is 18.6. The van der Waals surface area contributed by atoms with Crippen LogP contribution in [0.3, 0.4) is 0 Å². The van der Waals surface area contributed by atoms with Gasteiger partial charge >= 0.3 is 0 Å². The lowest BCUT2D eigenvalue weighted by Gasteiger charge is -2.25. The van der Waals surface area contributed by atoms with E-state index in [1.165, 1.54) is 4.90 Å². The molecule has 0 saturated carbocycles. The predicted octanol–water partition coefficient (Wildman–Crippen LogP) is 4.01. The Hall–Kier alpha value is -3.73. The second kappa shape index (κ2) is 7.72. The third-order valence-corrected chi connectivity index (χ3v) is 5.04. The molecule has 1 aliphatic heterocycles. The number of benzene rings is 2. The molecule has 1 saturated heterocycles. The zero-order valence-corrected chi connectivity index (χ0v) is 15.9. The minimum Gasteiger partial charge on any atom is -0.507 e. The second-order valence-corrected chi connectivity index (χ2v) is 7.02. The van der Waals surface area contributed by atoms with Gasteiger partial charge in [0.15, 0.2) is 0 Å². The first-order valence-corrected chi connectivity index (χ1v) is 9.36. The van der Waals surface area contributed by atoms with Crippen molar-refractivity contribution in [2.75, 3.05) is 0 Å². The minimum absolute atomic E-state index is 0.0981. The van der Waals surface area contributed by atoms with E-state index < -0.39 is 17.7 Å². The zero-order chi connectivity index (χ0) is 20.4. The van der Waals surface area contributed by atoms with Crippen LogP contribution in [0.5, 0.6) is 0 Å². The lowest BCUT2D eigenvalue weighted by Crippen LogP contribution is -2.29. The van der Waals surface area contributed by atoms with Gasteiger partial charge in [-0.05, 0) is 24.6 Å². The number of carbonyl (C=O) groups is 2. The number of aliphatic hydroxyl groups is 1. The summed E-state index contributed by atoms with van der Waals surface area (Å²) in [4.78, 5) is 31.6. The van der Waals surface area contributed by atoms with Crippen molar-refractivity contribution in [2.45, 2.75) is 19.5 Å². The van der Waals surface area contributed by atoms with Crippen LogP contribution in [0.1, 0.15) is 28.4 Å². The number of carbonyl (C=O) groups excluding carboxylic acids is 2. The fourth-order valence-corrected chi connectivity index (χ4v) is 3.56. The Bertz CT molecular complexity index is 1070. The summed E-state index contributed by atoms with van der Waals surface area (Å²) in [5.41, 5.74) is 3.08. The molecule has 1 aliphatic rings. The molecule has 144 valence electrons. The molecule has 1 N–H and O–H groups in total. The van der Waals surface area contributed by atoms with E-state index in [2.05, 4.69) is 4.98 Å². The molecule has 0 aliphatic carbocycles. The summed E-state index contributed by atoms with van der Waals surface area (Å²) in [6.45, 7) is 2.12. The van der Waals surface area contributed by atoms with Crippen LogP contribution in [0.25, 0.3) is 5.76 Å². The fraction of sp³-hybridized carbons (Fsp3) is 0.125. The van der Waals surface area contributed by atoms with Crippen LogP contribution < -0.4 is 0 Å². The van der Waals surface area contributed by atoms with Crippen molar-refractivity contribution in [3.63, 3.8) is 0 Å². The Balaban J connectivity index is 1.85. The second-order valence-electron chi connectivity index (χ2n) is 7.02. The molecule has 0 bridgehead atoms. The third kappa shape index (κ3) is 3.55. The third-order valence-electron chi connectivity index (χ3n) is 5.04. The molecule has 2 aromatic carbocycles. The molecule has 0 radical (unpaired) electrons. The van der Waals surface area contributed by atoms with Crippen LogP contribution in [0.15, 0.2) is 84.6 Å². The molecule has 1 fully saturated rings. The van der Waals surface area contributed by atoms with Crippen LogP contribution in [-0.4, -0.2) is 26.7 Å². The Morgan fingerprint density at radius 2 is 1.66 bits per heavy atom. The Kier molecular flexibility index (Phi) is 4.96. The van der Waals surface area contributed by atoms with Gasteiger partial charge in [-0.15, -0.1) is 0 Å². The number of amides is 1. The summed E-state index contributed by atoms with van der Waals surface area (Å²) >= 11 is 0. The standard InChI is InChI=1S/C24H20N2O3/c1-16-10-12-18(13-11-16)22(27)20-21(17-7-3-2-4-8-17)26(24(29)23(20)28)15-19-9-5-6-14-25-19/h2-14,21,27H,15H2,1H3/b22-20+. The Morgan fingerprint density at radius 1 is 0.966 bits per heavy atom. The molecule has 1 unspecified atom stereocenters. The number of Topliss-reactive ketones (excluding diaryl/α,β-unsaturated/α-hetero) is 1. The van der Waals surface area contributed by atoms with E-state index >= 15 is 0 Å². The van der Waals surface area contributed by atoms with E-state index in [4.69, 9.17) is 0 Å². The van der Waals surface area contributed by atoms with Gasteiger partial charge in [-0.3, -0.25) is 14.6 Å². The predicted molar refractivity (Wildman–Crippen MR) is 110 cm³/mol. The highest BCUT2D eigenvalue weighted by molar-refractivity contribution is 6.46. The van der Waals surface area contributed by atoms with Gasteiger partial charge in [0.05, 0.1) is 23.9 Å². The lowest BCUT2D eigenvalue weighted by atomic mass is 9.95. The summed E-state index contributed by atoms with van der Waals surface area (Å²) in [6, 6.07) is 21.2. The van der Waals surface area contributed by atoms with Crippen molar-refractivity contribution in [3.05, 3.63) is 107 Å². The maximum atomic E-state index is 12.9. The van der Waals surface area contributed by atoms with Crippen LogP contribution in [-0.2, 0) is 16.1 Å². The topological polar surface area (TPSA) is 70.5 Å². The van der Waals surface area contributed by atoms with E-state index in [1.54, 1.807) is 30.5 Å². The van der Waals surface area contributed by atoms with Crippen LogP contribution in [0.2, 0.25) is 0 Å². The van der Waals surface area contributed by atoms with Gasteiger partial charge in [-0.25, -0.2) is 0 Å². The van der Waals surface area contributed by atoms with Gasteiger partial charge in [0.1, 0.15) is 5.76 Å². The number of hydrogen-bond donors (Lipinski definition) is 1. The lowest BCUT2D eigenvalue weighted by molar-refractivity contribution is -0.140. The van der Waals surface area contributed by atoms with E-state index in [9.17, 15) is 14.7 Å². The summed E-state index contributed by atoms with van der Waals surface area (Å²) in [5.74, 6) is -1.49. The van der Waals surface area contributed by atoms with Gasteiger partial charge < -0.3 is 10.0 Å². The molecule has 29 heavy (non-hydrogen) atoms. The van der Waals surface area contributed by atoms with Crippen molar-refractivity contribution in [2.24, 2.45) is 0 Å². The molecule has 5 heteroatoms. The minimum atomic E-state index is -0.687. The van der Waals surface area contributed by atoms with Gasteiger partial charge in [-0.2, -0.15) is 0 Å². The largest absolute Gasteiger partial charge is 0.507 e. The molecule has 3 aromatic rings. The number of ketones is 1. The van der Waals surface area contributed by atoms with Crippen molar-refractivity contribution < 1.29 is 14.7 Å². The number of aryl methyl sites for hydroxylation is 1. The van der Waals surface area contributed by atoms with Crippen LogP contribution in [0, 0.1) is 6.92 Å². The molecule has 1 atom stereocenters. The van der Waals surface area contributed by atoms with E-state index in [0.29, 0.717) is 11.3 Å². The first-order chi connectivity index (χ1) is 14.1. The molecular formula is C24H20N2O3. The van der Waals surface area contributed by atoms with Crippen molar-refractivity contribution in [1.29, 1.82) is 0 Å². The van der Waals surface area contributed by atoms with E-state index in [1.807, 2.05) is 55.5 Å². The van der Waals surface area contributed by atoms with Crippen LogP contribution in [0.4, 0.5) is 0 Å². The molecule has 0 spiro atoms. The van der Waals surface area contributed by atoms with Crippen molar-refractivity contribution in [1.82, 2.24) is 9.88 Å². The number of aromatic nitrogens is 1. The molecular weight excluding hydrogens is 364 g/mol. The van der Waals surface area contributed by atoms with E-state index in [-0.39, 0.29) is 17.9 Å². The summed E-state index contributed by atoms with van der Waals surface area (Å²) in [6.07, 6.45) is 1.65. The highest BCUT2D eigenvalue weighted by Crippen LogP contribution is 2.40. The molecule has 1 amide bonds. The van der Waals surface area contributed by atoms with Crippen LogP contribution >= 0.6 is 0 Å². The number of rotatable bonds is 4. The maximum Gasteiger partial charge on any atom is 0.296 e.